The second-order valence-electron chi connectivity index (χ2n) is 3.18. The minimum Gasteiger partial charge on any atom is -0.283 e. The number of benzene rings is 1. The summed E-state index contributed by atoms with van der Waals surface area (Å²) in [5, 5.41) is 0. The minimum absolute atomic E-state index is 0.807. The van der Waals surface area contributed by atoms with Crippen molar-refractivity contribution in [2.75, 3.05) is 0 Å². The van der Waals surface area contributed by atoms with Gasteiger partial charge in [-0.15, -0.1) is 0 Å². The Balaban J connectivity index is 2.28. The zero-order chi connectivity index (χ0) is 10.1. The Morgan fingerprint density at radius 1 is 1.00 bits per heavy atom. The Morgan fingerprint density at radius 3 is 2.73 bits per heavy atom. The average molecular weight is 196 g/mol. The van der Waals surface area contributed by atoms with Crippen LogP contribution in [0.3, 0.4) is 0 Å². The molecule has 0 N–H and O–H groups in total. The van der Waals surface area contributed by atoms with Gasteiger partial charge in [-0.05, 0) is 12.1 Å². The third kappa shape index (κ3) is 1.27. The predicted octanol–water partition coefficient (Wildman–Crippen LogP) is 1.82. The zero-order valence-corrected chi connectivity index (χ0v) is 7.91. The van der Waals surface area contributed by atoms with Crippen molar-refractivity contribution in [3.63, 3.8) is 0 Å². The Morgan fingerprint density at radius 2 is 1.87 bits per heavy atom. The van der Waals surface area contributed by atoms with Gasteiger partial charge in [-0.3, -0.25) is 4.57 Å². The van der Waals surface area contributed by atoms with Gasteiger partial charge in [-0.1, -0.05) is 18.2 Å². The number of fused-ring (bicyclic) bond motifs is 1. The zero-order valence-electron chi connectivity index (χ0n) is 7.91. The van der Waals surface area contributed by atoms with Gasteiger partial charge in [0.1, 0.15) is 18.2 Å². The van der Waals surface area contributed by atoms with Crippen LogP contribution in [0.25, 0.3) is 16.9 Å². The molecule has 72 valence electrons. The number of para-hydroxylation sites is 1. The first-order valence-corrected chi connectivity index (χ1v) is 4.63. The van der Waals surface area contributed by atoms with Crippen LogP contribution in [0.1, 0.15) is 0 Å². The van der Waals surface area contributed by atoms with Gasteiger partial charge in [-0.2, -0.15) is 0 Å². The van der Waals surface area contributed by atoms with Crippen molar-refractivity contribution < 1.29 is 0 Å². The third-order valence-electron chi connectivity index (χ3n) is 2.25. The van der Waals surface area contributed by atoms with Gasteiger partial charge < -0.3 is 0 Å². The first kappa shape index (κ1) is 8.11. The number of hydrogen-bond acceptors (Lipinski definition) is 3. The van der Waals surface area contributed by atoms with Gasteiger partial charge in [0.05, 0.1) is 6.20 Å². The molecule has 4 nitrogen and oxygen atoms in total. The molecule has 0 unspecified atom stereocenters. The molecule has 3 aromatic rings. The summed E-state index contributed by atoms with van der Waals surface area (Å²) in [5.41, 5.74) is 2.69. The van der Waals surface area contributed by atoms with E-state index in [0.29, 0.717) is 0 Å². The van der Waals surface area contributed by atoms with E-state index in [2.05, 4.69) is 15.0 Å². The highest BCUT2D eigenvalue weighted by Gasteiger charge is 2.03. The molecule has 1 aromatic carbocycles. The van der Waals surface area contributed by atoms with E-state index in [1.54, 1.807) is 12.5 Å². The number of rotatable bonds is 1. The second kappa shape index (κ2) is 3.16. The Kier molecular flexibility index (Phi) is 1.71. The standard InChI is InChI=1S/C11H8N4/c1-2-4-9(5-3-1)15-8-14-10-6-12-7-13-11(10)15/h1-8H. The lowest BCUT2D eigenvalue weighted by atomic mass is 10.3. The number of hydrogen-bond donors (Lipinski definition) is 0. The molecule has 4 heteroatoms. The lowest BCUT2D eigenvalue weighted by Gasteiger charge is -2.01. The molecule has 2 heterocycles. The summed E-state index contributed by atoms with van der Waals surface area (Å²) in [7, 11) is 0. The van der Waals surface area contributed by atoms with Crippen LogP contribution >= 0.6 is 0 Å². The number of aromatic nitrogens is 4. The van der Waals surface area contributed by atoms with Crippen LogP contribution in [0.4, 0.5) is 0 Å². The molecule has 0 aliphatic carbocycles. The fourth-order valence-corrected chi connectivity index (χ4v) is 1.54. The third-order valence-corrected chi connectivity index (χ3v) is 2.25. The normalized spacial score (nSPS) is 10.7. The Bertz CT molecular complexity index is 586. The fraction of sp³-hybridized carbons (Fsp3) is 0. The van der Waals surface area contributed by atoms with E-state index in [9.17, 15) is 0 Å². The van der Waals surface area contributed by atoms with Crippen molar-refractivity contribution in [3.8, 4) is 5.69 Å². The highest BCUT2D eigenvalue weighted by atomic mass is 15.1. The highest BCUT2D eigenvalue weighted by Crippen LogP contribution is 2.13. The van der Waals surface area contributed by atoms with Crippen molar-refractivity contribution in [3.05, 3.63) is 49.2 Å². The van der Waals surface area contributed by atoms with Crippen LogP contribution in [-0.4, -0.2) is 19.5 Å². The fourth-order valence-electron chi connectivity index (χ4n) is 1.54. The molecule has 0 atom stereocenters. The van der Waals surface area contributed by atoms with Gasteiger partial charge >= 0.3 is 0 Å². The molecule has 3 rings (SSSR count). The summed E-state index contributed by atoms with van der Waals surface area (Å²) < 4.78 is 1.94. The summed E-state index contributed by atoms with van der Waals surface area (Å²) in [6.07, 6.45) is 5.00. The van der Waals surface area contributed by atoms with Crippen LogP contribution in [0.5, 0.6) is 0 Å². The van der Waals surface area contributed by atoms with Crippen LogP contribution in [0.15, 0.2) is 49.2 Å². The van der Waals surface area contributed by atoms with Crippen LogP contribution in [0.2, 0.25) is 0 Å². The SMILES string of the molecule is c1ccc(-n2cnc3cncnc32)cc1. The minimum atomic E-state index is 0.807. The van der Waals surface area contributed by atoms with Crippen LogP contribution in [-0.2, 0) is 0 Å². The summed E-state index contributed by atoms with van der Waals surface area (Å²) in [5.74, 6) is 0. The molecule has 0 bridgehead atoms. The highest BCUT2D eigenvalue weighted by molar-refractivity contribution is 5.71. The summed E-state index contributed by atoms with van der Waals surface area (Å²) in [4.78, 5) is 12.4. The van der Waals surface area contributed by atoms with Crippen molar-refractivity contribution in [1.82, 2.24) is 19.5 Å². The largest absolute Gasteiger partial charge is 0.283 e. The van der Waals surface area contributed by atoms with Gasteiger partial charge in [0.15, 0.2) is 5.65 Å². The Labute approximate surface area is 86.2 Å². The molecule has 15 heavy (non-hydrogen) atoms. The molecule has 0 fully saturated rings. The van der Waals surface area contributed by atoms with Crippen molar-refractivity contribution >= 4 is 11.2 Å². The maximum atomic E-state index is 4.23. The van der Waals surface area contributed by atoms with Gasteiger partial charge in [0, 0.05) is 5.69 Å². The average Bonchev–Trinajstić information content (AvgIpc) is 2.74. The molecule has 0 aliphatic rings. The second-order valence-corrected chi connectivity index (χ2v) is 3.18. The molecule has 2 aromatic heterocycles. The van der Waals surface area contributed by atoms with E-state index in [4.69, 9.17) is 0 Å². The molecule has 0 aliphatic heterocycles. The quantitative estimate of drug-likeness (QED) is 0.596. The summed E-state index contributed by atoms with van der Waals surface area (Å²) >= 11 is 0. The van der Waals surface area contributed by atoms with Crippen molar-refractivity contribution in [1.29, 1.82) is 0 Å². The Hall–Kier alpha value is -2.23. The van der Waals surface area contributed by atoms with E-state index in [-0.39, 0.29) is 0 Å². The van der Waals surface area contributed by atoms with E-state index in [1.165, 1.54) is 6.33 Å². The molecule has 0 spiro atoms. The lowest BCUT2D eigenvalue weighted by molar-refractivity contribution is 1.06. The van der Waals surface area contributed by atoms with Crippen LogP contribution in [0, 0.1) is 0 Å². The van der Waals surface area contributed by atoms with Crippen molar-refractivity contribution in [2.45, 2.75) is 0 Å². The predicted molar refractivity (Wildman–Crippen MR) is 56.7 cm³/mol. The lowest BCUT2D eigenvalue weighted by Crippen LogP contribution is -1.92. The molecular weight excluding hydrogens is 188 g/mol. The molecule has 0 radical (unpaired) electrons. The van der Waals surface area contributed by atoms with E-state index in [0.717, 1.165) is 16.9 Å². The van der Waals surface area contributed by atoms with Gasteiger partial charge in [-0.25, -0.2) is 15.0 Å². The molecular formula is C11H8N4. The maximum Gasteiger partial charge on any atom is 0.167 e. The molecule has 0 saturated carbocycles. The van der Waals surface area contributed by atoms with Crippen LogP contribution < -0.4 is 0 Å². The summed E-state index contributed by atoms with van der Waals surface area (Å²) in [6.45, 7) is 0. The monoisotopic (exact) mass is 196 g/mol. The van der Waals surface area contributed by atoms with E-state index >= 15 is 0 Å². The molecule has 0 amide bonds. The smallest absolute Gasteiger partial charge is 0.167 e. The first-order valence-electron chi connectivity index (χ1n) is 4.63. The van der Waals surface area contributed by atoms with E-state index < -0.39 is 0 Å². The summed E-state index contributed by atoms with van der Waals surface area (Å²) in [6, 6.07) is 9.99. The van der Waals surface area contributed by atoms with Crippen molar-refractivity contribution in [2.24, 2.45) is 0 Å². The number of nitrogens with zero attached hydrogens (tertiary/aromatic N) is 4. The maximum absolute atomic E-state index is 4.23. The van der Waals surface area contributed by atoms with E-state index in [1.807, 2.05) is 34.9 Å². The van der Waals surface area contributed by atoms with Gasteiger partial charge in [0.2, 0.25) is 0 Å². The van der Waals surface area contributed by atoms with Gasteiger partial charge in [0.25, 0.3) is 0 Å². The topological polar surface area (TPSA) is 43.6 Å². The molecule has 0 saturated heterocycles. The first-order chi connectivity index (χ1) is 7.45. The number of imidazole rings is 1.